The molecule has 1 aliphatic heterocycles. The molecule has 1 fully saturated rings. The van der Waals surface area contributed by atoms with Crippen molar-refractivity contribution in [3.8, 4) is 0 Å². The summed E-state index contributed by atoms with van der Waals surface area (Å²) in [4.78, 5) is 19.2. The highest BCUT2D eigenvalue weighted by atomic mass is 16.2. The van der Waals surface area contributed by atoms with Crippen molar-refractivity contribution >= 4 is 11.7 Å². The second kappa shape index (κ2) is 6.46. The highest BCUT2D eigenvalue weighted by Gasteiger charge is 2.32. The number of anilines is 1. The summed E-state index contributed by atoms with van der Waals surface area (Å²) in [6, 6.07) is 3.83. The Morgan fingerprint density at radius 2 is 2.14 bits per heavy atom. The summed E-state index contributed by atoms with van der Waals surface area (Å²) in [5.41, 5.74) is 1.97. The van der Waals surface area contributed by atoms with Gasteiger partial charge in [-0.1, -0.05) is 27.7 Å². The van der Waals surface area contributed by atoms with Gasteiger partial charge in [0.25, 0.3) is 5.91 Å². The summed E-state index contributed by atoms with van der Waals surface area (Å²) in [5.74, 6) is 0.954. The van der Waals surface area contributed by atoms with Gasteiger partial charge < -0.3 is 10.2 Å². The summed E-state index contributed by atoms with van der Waals surface area (Å²) in [6.07, 6.45) is 2.96. The molecule has 116 valence electrons. The van der Waals surface area contributed by atoms with Gasteiger partial charge in [0.05, 0.1) is 0 Å². The molecule has 0 atom stereocenters. The fourth-order valence-electron chi connectivity index (χ4n) is 2.70. The van der Waals surface area contributed by atoms with Crippen molar-refractivity contribution in [2.75, 3.05) is 25.0 Å². The Hall–Kier alpha value is -1.58. The first kappa shape index (κ1) is 15.8. The Morgan fingerprint density at radius 1 is 1.38 bits per heavy atom. The van der Waals surface area contributed by atoms with Gasteiger partial charge >= 0.3 is 0 Å². The smallest absolute Gasteiger partial charge is 0.254 e. The van der Waals surface area contributed by atoms with Crippen LogP contribution in [0.25, 0.3) is 0 Å². The first-order chi connectivity index (χ1) is 9.95. The molecule has 0 unspecified atom stereocenters. The first-order valence-corrected chi connectivity index (χ1v) is 7.99. The number of hydrogen-bond donors (Lipinski definition) is 1. The van der Waals surface area contributed by atoms with E-state index in [1.807, 2.05) is 17.0 Å². The normalized spacial score (nSPS) is 17.0. The molecule has 1 saturated heterocycles. The Labute approximate surface area is 127 Å². The molecule has 2 rings (SSSR count). The minimum atomic E-state index is 0.136. The lowest BCUT2D eigenvalue weighted by Crippen LogP contribution is -2.30. The maximum atomic E-state index is 12.7. The second-order valence-corrected chi connectivity index (χ2v) is 6.65. The fraction of sp³-hybridized carbons (Fsp3) is 0.647. The molecular weight excluding hydrogens is 262 g/mol. The standard InChI is InChI=1S/C17H27N3O/c1-5-8-18-15-11-13(10-14(6-2)19-15)16(21)20-9-7-17(3,4)12-20/h10-11H,5-9,12H2,1-4H3,(H,18,19). The molecule has 21 heavy (non-hydrogen) atoms. The van der Waals surface area contributed by atoms with Crippen LogP contribution in [0.2, 0.25) is 0 Å². The lowest BCUT2D eigenvalue weighted by molar-refractivity contribution is 0.0778. The molecule has 0 aromatic carbocycles. The van der Waals surface area contributed by atoms with Gasteiger partial charge in [0.2, 0.25) is 0 Å². The zero-order valence-electron chi connectivity index (χ0n) is 13.7. The molecule has 1 aliphatic rings. The summed E-state index contributed by atoms with van der Waals surface area (Å²) < 4.78 is 0. The third-order valence-corrected chi connectivity index (χ3v) is 4.01. The van der Waals surface area contributed by atoms with Crippen LogP contribution in [0.15, 0.2) is 12.1 Å². The van der Waals surface area contributed by atoms with Crippen LogP contribution in [0.4, 0.5) is 5.82 Å². The Bertz CT molecular complexity index is 511. The topological polar surface area (TPSA) is 45.2 Å². The van der Waals surface area contributed by atoms with E-state index in [4.69, 9.17) is 0 Å². The van der Waals surface area contributed by atoms with Crippen LogP contribution in [0.5, 0.6) is 0 Å². The highest BCUT2D eigenvalue weighted by molar-refractivity contribution is 5.95. The maximum Gasteiger partial charge on any atom is 0.254 e. The van der Waals surface area contributed by atoms with Gasteiger partial charge in [-0.2, -0.15) is 0 Å². The van der Waals surface area contributed by atoms with Gasteiger partial charge in [-0.05, 0) is 36.8 Å². The van der Waals surface area contributed by atoms with Gasteiger partial charge in [-0.3, -0.25) is 4.79 Å². The lowest BCUT2D eigenvalue weighted by atomic mass is 9.93. The van der Waals surface area contributed by atoms with Crippen LogP contribution < -0.4 is 5.32 Å². The van der Waals surface area contributed by atoms with E-state index < -0.39 is 0 Å². The number of aromatic nitrogens is 1. The Balaban J connectivity index is 2.19. The van der Waals surface area contributed by atoms with Crippen LogP contribution in [0.3, 0.4) is 0 Å². The predicted octanol–water partition coefficient (Wildman–Crippen LogP) is 3.34. The predicted molar refractivity (Wildman–Crippen MR) is 86.7 cm³/mol. The van der Waals surface area contributed by atoms with Gasteiger partial charge in [-0.15, -0.1) is 0 Å². The first-order valence-electron chi connectivity index (χ1n) is 7.99. The van der Waals surface area contributed by atoms with Crippen molar-refractivity contribution in [1.82, 2.24) is 9.88 Å². The van der Waals surface area contributed by atoms with E-state index in [9.17, 15) is 4.79 Å². The van der Waals surface area contributed by atoms with Crippen molar-refractivity contribution in [1.29, 1.82) is 0 Å². The van der Waals surface area contributed by atoms with Crippen molar-refractivity contribution in [3.05, 3.63) is 23.4 Å². The van der Waals surface area contributed by atoms with Gasteiger partial charge in [-0.25, -0.2) is 4.98 Å². The zero-order chi connectivity index (χ0) is 15.5. The second-order valence-electron chi connectivity index (χ2n) is 6.65. The van der Waals surface area contributed by atoms with E-state index in [0.29, 0.717) is 0 Å². The number of nitrogens with one attached hydrogen (secondary N) is 1. The molecule has 2 heterocycles. The molecule has 0 radical (unpaired) electrons. The molecule has 1 amide bonds. The van der Waals surface area contributed by atoms with Gasteiger partial charge in [0, 0.05) is 30.9 Å². The van der Waals surface area contributed by atoms with Gasteiger partial charge in [0.15, 0.2) is 0 Å². The van der Waals surface area contributed by atoms with E-state index in [2.05, 4.69) is 38.0 Å². The van der Waals surface area contributed by atoms with Crippen LogP contribution in [0, 0.1) is 5.41 Å². The number of aryl methyl sites for hydroxylation is 1. The minimum absolute atomic E-state index is 0.136. The highest BCUT2D eigenvalue weighted by Crippen LogP contribution is 2.30. The Morgan fingerprint density at radius 3 is 2.71 bits per heavy atom. The average Bonchev–Trinajstić information content (AvgIpc) is 2.84. The number of hydrogen-bond acceptors (Lipinski definition) is 3. The number of carbonyl (C=O) groups is 1. The number of likely N-dealkylation sites (tertiary alicyclic amines) is 1. The third-order valence-electron chi connectivity index (χ3n) is 4.01. The molecule has 4 nitrogen and oxygen atoms in total. The van der Waals surface area contributed by atoms with Gasteiger partial charge in [0.1, 0.15) is 5.82 Å². The van der Waals surface area contributed by atoms with Crippen molar-refractivity contribution < 1.29 is 4.79 Å². The molecular formula is C17H27N3O. The molecule has 1 N–H and O–H groups in total. The monoisotopic (exact) mass is 289 g/mol. The molecule has 0 spiro atoms. The number of amides is 1. The summed E-state index contributed by atoms with van der Waals surface area (Å²) in [6.45, 7) is 11.2. The van der Waals surface area contributed by atoms with Crippen molar-refractivity contribution in [3.63, 3.8) is 0 Å². The number of nitrogens with zero attached hydrogens (tertiary/aromatic N) is 2. The summed E-state index contributed by atoms with van der Waals surface area (Å²) in [7, 11) is 0. The van der Waals surface area contributed by atoms with E-state index in [-0.39, 0.29) is 11.3 Å². The van der Waals surface area contributed by atoms with Crippen molar-refractivity contribution in [2.45, 2.75) is 47.0 Å². The number of carbonyl (C=O) groups excluding carboxylic acids is 1. The van der Waals surface area contributed by atoms with E-state index in [1.165, 1.54) is 0 Å². The largest absolute Gasteiger partial charge is 0.370 e. The molecule has 0 bridgehead atoms. The minimum Gasteiger partial charge on any atom is -0.370 e. The molecule has 1 aromatic rings. The van der Waals surface area contributed by atoms with Crippen LogP contribution in [0.1, 0.15) is 56.6 Å². The summed E-state index contributed by atoms with van der Waals surface area (Å²) >= 11 is 0. The zero-order valence-corrected chi connectivity index (χ0v) is 13.7. The molecule has 4 heteroatoms. The van der Waals surface area contributed by atoms with Crippen LogP contribution in [-0.4, -0.2) is 35.4 Å². The fourth-order valence-corrected chi connectivity index (χ4v) is 2.70. The van der Waals surface area contributed by atoms with E-state index >= 15 is 0 Å². The molecule has 0 saturated carbocycles. The molecule has 0 aliphatic carbocycles. The number of rotatable bonds is 5. The van der Waals surface area contributed by atoms with E-state index in [1.54, 1.807) is 0 Å². The maximum absolute atomic E-state index is 12.7. The van der Waals surface area contributed by atoms with Crippen LogP contribution >= 0.6 is 0 Å². The average molecular weight is 289 g/mol. The van der Waals surface area contributed by atoms with E-state index in [0.717, 1.165) is 56.0 Å². The summed E-state index contributed by atoms with van der Waals surface area (Å²) in [5, 5.41) is 3.29. The number of pyridine rings is 1. The third kappa shape index (κ3) is 3.96. The Kier molecular flexibility index (Phi) is 4.86. The lowest BCUT2D eigenvalue weighted by Gasteiger charge is -2.20. The van der Waals surface area contributed by atoms with Crippen LogP contribution in [-0.2, 0) is 6.42 Å². The quantitative estimate of drug-likeness (QED) is 0.904. The molecule has 1 aromatic heterocycles. The van der Waals surface area contributed by atoms with Crippen molar-refractivity contribution in [2.24, 2.45) is 5.41 Å². The SMILES string of the molecule is CCCNc1cc(C(=O)N2CCC(C)(C)C2)cc(CC)n1.